The van der Waals surface area contributed by atoms with Crippen LogP contribution in [-0.2, 0) is 4.79 Å². The predicted molar refractivity (Wildman–Crippen MR) is 99.0 cm³/mol. The smallest absolute Gasteiger partial charge is 0.279 e. The molecule has 3 nitrogen and oxygen atoms in total. The molecule has 0 spiro atoms. The van der Waals surface area contributed by atoms with Crippen LogP contribution in [0, 0.1) is 6.92 Å². The molecule has 122 valence electrons. The van der Waals surface area contributed by atoms with Crippen LogP contribution < -0.4 is 10.6 Å². The highest BCUT2D eigenvalue weighted by atomic mass is 16.1. The zero-order valence-corrected chi connectivity index (χ0v) is 14.1. The Labute approximate surface area is 142 Å². The largest absolute Gasteiger partial charge is 0.332 e. The first-order chi connectivity index (χ1) is 11.6. The van der Waals surface area contributed by atoms with E-state index in [0.717, 1.165) is 11.3 Å². The van der Waals surface area contributed by atoms with E-state index in [1.165, 1.54) is 16.3 Å². The van der Waals surface area contributed by atoms with Crippen molar-refractivity contribution in [2.75, 3.05) is 11.9 Å². The highest BCUT2D eigenvalue weighted by Crippen LogP contribution is 2.22. The van der Waals surface area contributed by atoms with Crippen LogP contribution in [0.1, 0.15) is 24.1 Å². The van der Waals surface area contributed by atoms with Gasteiger partial charge in [-0.3, -0.25) is 4.79 Å². The van der Waals surface area contributed by atoms with Gasteiger partial charge in [-0.05, 0) is 42.3 Å². The van der Waals surface area contributed by atoms with Crippen molar-refractivity contribution in [3.8, 4) is 0 Å². The Morgan fingerprint density at radius 1 is 1.04 bits per heavy atom. The lowest BCUT2D eigenvalue weighted by molar-refractivity contribution is -0.682. The van der Waals surface area contributed by atoms with Crippen molar-refractivity contribution in [1.82, 2.24) is 0 Å². The fraction of sp³-hybridized carbons (Fsp3) is 0.190. The standard InChI is InChI=1S/C21H22N2O/c1-15-7-5-10-18(13-15)23-21(24)14-22-16(2)19-12-6-9-17-8-3-4-11-20(17)19/h3-13,16,22H,14H2,1-2H3,(H,23,24)/p+1/t16-/m0/s1. The molecule has 1 amide bonds. The summed E-state index contributed by atoms with van der Waals surface area (Å²) in [5.74, 6) is 0.0210. The second kappa shape index (κ2) is 7.28. The van der Waals surface area contributed by atoms with Gasteiger partial charge in [0.2, 0.25) is 0 Å². The molecule has 0 saturated carbocycles. The molecule has 0 aliphatic heterocycles. The summed E-state index contributed by atoms with van der Waals surface area (Å²) in [6, 6.07) is 22.8. The average molecular weight is 319 g/mol. The Kier molecular flexibility index (Phi) is 4.92. The van der Waals surface area contributed by atoms with Crippen LogP contribution in [0.2, 0.25) is 0 Å². The Morgan fingerprint density at radius 2 is 1.79 bits per heavy atom. The topological polar surface area (TPSA) is 45.7 Å². The number of quaternary nitrogens is 1. The molecule has 0 heterocycles. The normalized spacial score (nSPS) is 12.1. The van der Waals surface area contributed by atoms with Crippen molar-refractivity contribution in [2.24, 2.45) is 0 Å². The fourth-order valence-corrected chi connectivity index (χ4v) is 2.99. The number of benzene rings is 3. The number of carbonyl (C=O) groups is 1. The molecule has 3 heteroatoms. The Hall–Kier alpha value is -2.65. The Balaban J connectivity index is 1.64. The third-order valence-corrected chi connectivity index (χ3v) is 4.27. The SMILES string of the molecule is Cc1cccc(NC(=O)C[NH2+][C@@H](C)c2cccc3ccccc23)c1. The number of aryl methyl sites for hydroxylation is 1. The van der Waals surface area contributed by atoms with E-state index in [9.17, 15) is 4.79 Å². The van der Waals surface area contributed by atoms with E-state index < -0.39 is 0 Å². The number of nitrogens with one attached hydrogen (secondary N) is 1. The molecule has 0 fully saturated rings. The maximum Gasteiger partial charge on any atom is 0.279 e. The number of fused-ring (bicyclic) bond motifs is 1. The summed E-state index contributed by atoms with van der Waals surface area (Å²) >= 11 is 0. The average Bonchev–Trinajstić information content (AvgIpc) is 2.59. The van der Waals surface area contributed by atoms with Gasteiger partial charge in [0.05, 0.1) is 0 Å². The minimum absolute atomic E-state index is 0.0210. The lowest BCUT2D eigenvalue weighted by atomic mass is 10.00. The van der Waals surface area contributed by atoms with Gasteiger partial charge in [0.15, 0.2) is 6.54 Å². The molecule has 0 aliphatic rings. The number of amides is 1. The highest BCUT2D eigenvalue weighted by molar-refractivity contribution is 5.91. The maximum absolute atomic E-state index is 12.2. The summed E-state index contributed by atoms with van der Waals surface area (Å²) in [5.41, 5.74) is 3.25. The van der Waals surface area contributed by atoms with E-state index in [0.29, 0.717) is 6.54 Å². The molecule has 0 aliphatic carbocycles. The van der Waals surface area contributed by atoms with Crippen molar-refractivity contribution in [2.45, 2.75) is 19.9 Å². The summed E-state index contributed by atoms with van der Waals surface area (Å²) in [6.45, 7) is 4.56. The van der Waals surface area contributed by atoms with Gasteiger partial charge in [-0.2, -0.15) is 0 Å². The van der Waals surface area contributed by atoms with Gasteiger partial charge in [0.25, 0.3) is 5.91 Å². The summed E-state index contributed by atoms with van der Waals surface area (Å²) in [6.07, 6.45) is 0. The van der Waals surface area contributed by atoms with Gasteiger partial charge in [-0.15, -0.1) is 0 Å². The zero-order chi connectivity index (χ0) is 16.9. The quantitative estimate of drug-likeness (QED) is 0.744. The van der Waals surface area contributed by atoms with Crippen molar-refractivity contribution in [3.05, 3.63) is 77.9 Å². The summed E-state index contributed by atoms with van der Waals surface area (Å²) in [5, 5.41) is 7.52. The first kappa shape index (κ1) is 16.2. The van der Waals surface area contributed by atoms with Crippen LogP contribution in [0.25, 0.3) is 10.8 Å². The van der Waals surface area contributed by atoms with Crippen LogP contribution in [-0.4, -0.2) is 12.5 Å². The number of hydrogen-bond donors (Lipinski definition) is 2. The zero-order valence-electron chi connectivity index (χ0n) is 14.1. The number of carbonyl (C=O) groups excluding carboxylic acids is 1. The van der Waals surface area contributed by atoms with E-state index in [-0.39, 0.29) is 11.9 Å². The van der Waals surface area contributed by atoms with Crippen LogP contribution in [0.15, 0.2) is 66.7 Å². The molecule has 3 N–H and O–H groups in total. The van der Waals surface area contributed by atoms with E-state index in [1.54, 1.807) is 0 Å². The Bertz CT molecular complexity index is 852. The van der Waals surface area contributed by atoms with Crippen LogP contribution in [0.4, 0.5) is 5.69 Å². The van der Waals surface area contributed by atoms with Gasteiger partial charge in [0, 0.05) is 11.3 Å². The van der Waals surface area contributed by atoms with E-state index in [1.807, 2.05) is 31.2 Å². The molecule has 24 heavy (non-hydrogen) atoms. The summed E-state index contributed by atoms with van der Waals surface area (Å²) in [4.78, 5) is 12.2. The van der Waals surface area contributed by atoms with Crippen LogP contribution in [0.5, 0.6) is 0 Å². The first-order valence-electron chi connectivity index (χ1n) is 8.31. The van der Waals surface area contributed by atoms with Gasteiger partial charge >= 0.3 is 0 Å². The van der Waals surface area contributed by atoms with E-state index in [4.69, 9.17) is 0 Å². The molecule has 3 rings (SSSR count). The lowest BCUT2D eigenvalue weighted by Crippen LogP contribution is -2.86. The molecular formula is C21H23N2O+. The number of nitrogens with two attached hydrogens (primary N) is 1. The molecule has 3 aromatic rings. The fourth-order valence-electron chi connectivity index (χ4n) is 2.99. The minimum atomic E-state index is 0.0210. The number of rotatable bonds is 5. The van der Waals surface area contributed by atoms with Crippen molar-refractivity contribution in [3.63, 3.8) is 0 Å². The monoisotopic (exact) mass is 319 g/mol. The molecule has 0 radical (unpaired) electrons. The number of hydrogen-bond acceptors (Lipinski definition) is 1. The molecule has 0 saturated heterocycles. The third-order valence-electron chi connectivity index (χ3n) is 4.27. The molecular weight excluding hydrogens is 296 g/mol. The molecule has 1 atom stereocenters. The lowest BCUT2D eigenvalue weighted by Gasteiger charge is -2.14. The van der Waals surface area contributed by atoms with Crippen molar-refractivity contribution >= 4 is 22.4 Å². The molecule has 3 aromatic carbocycles. The molecule has 0 bridgehead atoms. The number of anilines is 1. The van der Waals surface area contributed by atoms with E-state index >= 15 is 0 Å². The predicted octanol–water partition coefficient (Wildman–Crippen LogP) is 3.41. The van der Waals surface area contributed by atoms with Crippen LogP contribution >= 0.6 is 0 Å². The second-order valence-corrected chi connectivity index (χ2v) is 6.21. The Morgan fingerprint density at radius 3 is 2.62 bits per heavy atom. The van der Waals surface area contributed by atoms with E-state index in [2.05, 4.69) is 60.0 Å². The second-order valence-electron chi connectivity index (χ2n) is 6.21. The first-order valence-corrected chi connectivity index (χ1v) is 8.31. The van der Waals surface area contributed by atoms with Gasteiger partial charge < -0.3 is 10.6 Å². The summed E-state index contributed by atoms with van der Waals surface area (Å²) < 4.78 is 0. The maximum atomic E-state index is 12.2. The van der Waals surface area contributed by atoms with Crippen LogP contribution in [0.3, 0.4) is 0 Å². The third kappa shape index (κ3) is 3.81. The highest BCUT2D eigenvalue weighted by Gasteiger charge is 2.14. The minimum Gasteiger partial charge on any atom is -0.332 e. The van der Waals surface area contributed by atoms with Crippen molar-refractivity contribution < 1.29 is 10.1 Å². The molecule has 0 aromatic heterocycles. The molecule has 0 unspecified atom stereocenters. The van der Waals surface area contributed by atoms with Gasteiger partial charge in [0.1, 0.15) is 6.04 Å². The van der Waals surface area contributed by atoms with Crippen molar-refractivity contribution in [1.29, 1.82) is 0 Å². The summed E-state index contributed by atoms with van der Waals surface area (Å²) in [7, 11) is 0. The van der Waals surface area contributed by atoms with Gasteiger partial charge in [-0.1, -0.05) is 54.6 Å². The van der Waals surface area contributed by atoms with Gasteiger partial charge in [-0.25, -0.2) is 0 Å².